The molecule has 0 aliphatic rings. The van der Waals surface area contributed by atoms with Crippen molar-refractivity contribution in [1.82, 2.24) is 0 Å². The van der Waals surface area contributed by atoms with E-state index in [1.807, 2.05) is 0 Å². The van der Waals surface area contributed by atoms with Gasteiger partial charge in [0, 0.05) is 16.3 Å². The molecule has 0 saturated carbocycles. The number of amides is 1. The molecule has 6 nitrogen and oxygen atoms in total. The lowest BCUT2D eigenvalue weighted by molar-refractivity contribution is -0.155. The van der Waals surface area contributed by atoms with Crippen molar-refractivity contribution in [3.63, 3.8) is 0 Å². The predicted molar refractivity (Wildman–Crippen MR) is 103 cm³/mol. The second kappa shape index (κ2) is 9.39. The van der Waals surface area contributed by atoms with Gasteiger partial charge in [0.2, 0.25) is 0 Å². The zero-order valence-corrected chi connectivity index (χ0v) is 16.1. The molecule has 0 fully saturated rings. The second-order valence-corrected chi connectivity index (χ2v) is 6.47. The van der Waals surface area contributed by atoms with Crippen LogP contribution in [0.3, 0.4) is 0 Å². The number of halogens is 2. The van der Waals surface area contributed by atoms with Crippen molar-refractivity contribution >= 4 is 46.5 Å². The minimum Gasteiger partial charge on any atom is -0.480 e. The summed E-state index contributed by atoms with van der Waals surface area (Å²) in [6.45, 7) is 2.44. The molecule has 0 radical (unpaired) electrons. The van der Waals surface area contributed by atoms with Crippen LogP contribution in [0.5, 0.6) is 5.75 Å². The highest BCUT2D eigenvalue weighted by Gasteiger charge is 2.19. The number of esters is 1. The van der Waals surface area contributed by atoms with Gasteiger partial charge < -0.3 is 14.8 Å². The van der Waals surface area contributed by atoms with Crippen LogP contribution >= 0.6 is 23.2 Å². The lowest BCUT2D eigenvalue weighted by atomic mass is 10.1. The van der Waals surface area contributed by atoms with Gasteiger partial charge >= 0.3 is 5.97 Å². The first-order chi connectivity index (χ1) is 12.8. The third kappa shape index (κ3) is 6.27. The molecule has 1 atom stereocenters. The summed E-state index contributed by atoms with van der Waals surface area (Å²) in [5.41, 5.74) is 0.894. The van der Waals surface area contributed by atoms with E-state index in [1.165, 1.54) is 26.0 Å². The highest BCUT2D eigenvalue weighted by molar-refractivity contribution is 6.35. The Labute approximate surface area is 166 Å². The molecule has 0 aromatic heterocycles. The molecule has 2 aromatic rings. The summed E-state index contributed by atoms with van der Waals surface area (Å²) in [7, 11) is 0. The quantitative estimate of drug-likeness (QED) is 0.548. The molecular formula is C19H17Cl2NO5. The minimum atomic E-state index is -1.05. The Morgan fingerprint density at radius 3 is 2.52 bits per heavy atom. The van der Waals surface area contributed by atoms with Gasteiger partial charge in [0.1, 0.15) is 5.75 Å². The van der Waals surface area contributed by atoms with Crippen LogP contribution in [0, 0.1) is 0 Å². The third-order valence-electron chi connectivity index (χ3n) is 3.45. The molecule has 0 bridgehead atoms. The summed E-state index contributed by atoms with van der Waals surface area (Å²) in [6, 6.07) is 11.0. The summed E-state index contributed by atoms with van der Waals surface area (Å²) in [5, 5.41) is 3.28. The fourth-order valence-corrected chi connectivity index (χ4v) is 2.54. The van der Waals surface area contributed by atoms with Crippen molar-refractivity contribution in [3.8, 4) is 5.75 Å². The molecule has 0 unspecified atom stereocenters. The summed E-state index contributed by atoms with van der Waals surface area (Å²) in [4.78, 5) is 35.4. The molecule has 0 heterocycles. The first-order valence-electron chi connectivity index (χ1n) is 7.95. The van der Waals surface area contributed by atoms with Crippen molar-refractivity contribution in [2.45, 2.75) is 20.0 Å². The van der Waals surface area contributed by atoms with Crippen LogP contribution in [-0.2, 0) is 14.3 Å². The van der Waals surface area contributed by atoms with Gasteiger partial charge in [-0.3, -0.25) is 9.59 Å². The molecule has 142 valence electrons. The summed E-state index contributed by atoms with van der Waals surface area (Å²) in [6.07, 6.45) is -1.05. The smallest absolute Gasteiger partial charge is 0.344 e. The maximum Gasteiger partial charge on any atom is 0.344 e. The third-order valence-corrected chi connectivity index (χ3v) is 3.98. The molecule has 8 heteroatoms. The molecule has 0 saturated heterocycles. The van der Waals surface area contributed by atoms with E-state index in [-0.39, 0.29) is 16.6 Å². The number of ketones is 1. The maximum atomic E-state index is 12.1. The standard InChI is InChI=1S/C19H17Cl2NO5/c1-11(23)13-4-3-5-15(8-13)22-19(25)12(2)27-18(24)10-26-17-7-6-14(20)9-16(17)21/h3-9,12H,10H2,1-2H3,(H,22,25)/t12-/m0/s1. The molecule has 2 aromatic carbocycles. The zero-order chi connectivity index (χ0) is 20.0. The number of carbonyl (C=O) groups excluding carboxylic acids is 3. The predicted octanol–water partition coefficient (Wildman–Crippen LogP) is 4.15. The van der Waals surface area contributed by atoms with E-state index in [4.69, 9.17) is 32.7 Å². The van der Waals surface area contributed by atoms with Crippen LogP contribution in [0.15, 0.2) is 42.5 Å². The Bertz CT molecular complexity index is 869. The molecule has 1 N–H and O–H groups in total. The SMILES string of the molecule is CC(=O)c1cccc(NC(=O)[C@H](C)OC(=O)COc2ccc(Cl)cc2Cl)c1. The van der Waals surface area contributed by atoms with E-state index in [2.05, 4.69) is 5.32 Å². The van der Waals surface area contributed by atoms with Crippen LogP contribution in [0.1, 0.15) is 24.2 Å². The first-order valence-corrected chi connectivity index (χ1v) is 8.71. The molecule has 0 spiro atoms. The summed E-state index contributed by atoms with van der Waals surface area (Å²) >= 11 is 11.7. The van der Waals surface area contributed by atoms with E-state index < -0.39 is 24.6 Å². The molecule has 27 heavy (non-hydrogen) atoms. The molecule has 1 amide bonds. The summed E-state index contributed by atoms with van der Waals surface area (Å²) < 4.78 is 10.3. The number of anilines is 1. The van der Waals surface area contributed by atoms with Crippen LogP contribution in [0.4, 0.5) is 5.69 Å². The number of nitrogens with one attached hydrogen (secondary N) is 1. The fraction of sp³-hybridized carbons (Fsp3) is 0.211. The van der Waals surface area contributed by atoms with Gasteiger partial charge in [-0.25, -0.2) is 4.79 Å². The highest BCUT2D eigenvalue weighted by Crippen LogP contribution is 2.27. The van der Waals surface area contributed by atoms with Gasteiger partial charge in [-0.15, -0.1) is 0 Å². The van der Waals surface area contributed by atoms with E-state index >= 15 is 0 Å². The average molecular weight is 410 g/mol. The second-order valence-electron chi connectivity index (χ2n) is 5.62. The lowest BCUT2D eigenvalue weighted by Crippen LogP contribution is -2.31. The van der Waals surface area contributed by atoms with Crippen LogP contribution < -0.4 is 10.1 Å². The van der Waals surface area contributed by atoms with Crippen molar-refractivity contribution in [1.29, 1.82) is 0 Å². The largest absolute Gasteiger partial charge is 0.480 e. The number of ether oxygens (including phenoxy) is 2. The average Bonchev–Trinajstić information content (AvgIpc) is 2.61. The van der Waals surface area contributed by atoms with E-state index in [1.54, 1.807) is 30.3 Å². The van der Waals surface area contributed by atoms with Crippen LogP contribution in [0.25, 0.3) is 0 Å². The number of hydrogen-bond donors (Lipinski definition) is 1. The van der Waals surface area contributed by atoms with E-state index in [0.717, 1.165) is 0 Å². The number of carbonyl (C=O) groups is 3. The topological polar surface area (TPSA) is 81.7 Å². The normalized spacial score (nSPS) is 11.4. The minimum absolute atomic E-state index is 0.122. The zero-order valence-electron chi connectivity index (χ0n) is 14.6. The lowest BCUT2D eigenvalue weighted by Gasteiger charge is -2.14. The fourth-order valence-electron chi connectivity index (χ4n) is 2.07. The first kappa shape index (κ1) is 20.7. The van der Waals surface area contributed by atoms with Gasteiger partial charge in [0.15, 0.2) is 18.5 Å². The Morgan fingerprint density at radius 1 is 1.11 bits per heavy atom. The Balaban J connectivity index is 1.87. The monoisotopic (exact) mass is 409 g/mol. The van der Waals surface area contributed by atoms with Crippen LogP contribution in [0.2, 0.25) is 10.0 Å². The van der Waals surface area contributed by atoms with Crippen molar-refractivity contribution in [2.75, 3.05) is 11.9 Å². The molecule has 0 aliphatic heterocycles. The highest BCUT2D eigenvalue weighted by atomic mass is 35.5. The van der Waals surface area contributed by atoms with E-state index in [9.17, 15) is 14.4 Å². The summed E-state index contributed by atoms with van der Waals surface area (Å²) in [5.74, 6) is -1.12. The van der Waals surface area contributed by atoms with Crippen molar-refractivity contribution in [3.05, 3.63) is 58.1 Å². The Morgan fingerprint density at radius 2 is 1.85 bits per heavy atom. The number of hydrogen-bond acceptors (Lipinski definition) is 5. The van der Waals surface area contributed by atoms with Gasteiger partial charge in [0.05, 0.1) is 5.02 Å². The number of rotatable bonds is 7. The Hall–Kier alpha value is -2.57. The Kier molecular flexibility index (Phi) is 7.21. The van der Waals surface area contributed by atoms with Crippen LogP contribution in [-0.4, -0.2) is 30.4 Å². The maximum absolute atomic E-state index is 12.1. The van der Waals surface area contributed by atoms with Gasteiger partial charge in [0.25, 0.3) is 5.91 Å². The van der Waals surface area contributed by atoms with Crippen molar-refractivity contribution in [2.24, 2.45) is 0 Å². The van der Waals surface area contributed by atoms with Crippen molar-refractivity contribution < 1.29 is 23.9 Å². The molecular weight excluding hydrogens is 393 g/mol. The van der Waals surface area contributed by atoms with Gasteiger partial charge in [-0.2, -0.15) is 0 Å². The van der Waals surface area contributed by atoms with Gasteiger partial charge in [-0.1, -0.05) is 35.3 Å². The number of Topliss-reactive ketones (excluding diaryl/α,β-unsaturated/α-hetero) is 1. The number of benzene rings is 2. The van der Waals surface area contributed by atoms with E-state index in [0.29, 0.717) is 16.3 Å². The molecule has 2 rings (SSSR count). The molecule has 0 aliphatic carbocycles. The van der Waals surface area contributed by atoms with Gasteiger partial charge in [-0.05, 0) is 44.2 Å².